The van der Waals surface area contributed by atoms with Gasteiger partial charge in [-0.15, -0.1) is 0 Å². The second-order valence-corrected chi connectivity index (χ2v) is 5.94. The van der Waals surface area contributed by atoms with Crippen LogP contribution in [0, 0.1) is 11.3 Å². The summed E-state index contributed by atoms with van der Waals surface area (Å²) in [4.78, 5) is 11.2. The molecule has 0 saturated carbocycles. The van der Waals surface area contributed by atoms with Crippen LogP contribution >= 0.6 is 0 Å². The van der Waals surface area contributed by atoms with Crippen molar-refractivity contribution in [2.45, 2.75) is 11.8 Å². The molecule has 20 heavy (non-hydrogen) atoms. The fraction of sp³-hybridized carbons (Fsp3) is 0.333. The molecule has 1 aromatic carbocycles. The van der Waals surface area contributed by atoms with Gasteiger partial charge in [-0.1, -0.05) is 0 Å². The number of esters is 1. The van der Waals surface area contributed by atoms with Gasteiger partial charge in [0.2, 0.25) is 10.0 Å². The number of nitrogens with two attached hydrogens (primary N) is 1. The summed E-state index contributed by atoms with van der Waals surface area (Å²) in [5, 5.41) is 8.72. The number of rotatable bonds is 5. The lowest BCUT2D eigenvalue weighted by atomic mass is 10.2. The third-order valence-electron chi connectivity index (χ3n) is 2.48. The number of carbonyl (C=O) groups is 1. The van der Waals surface area contributed by atoms with Crippen molar-refractivity contribution in [1.29, 1.82) is 5.26 Å². The fourth-order valence-electron chi connectivity index (χ4n) is 1.49. The molecule has 0 heterocycles. The van der Waals surface area contributed by atoms with Crippen molar-refractivity contribution >= 4 is 21.7 Å². The molecule has 2 N–H and O–H groups in total. The average molecular weight is 297 g/mol. The van der Waals surface area contributed by atoms with E-state index in [1.54, 1.807) is 6.92 Å². The van der Waals surface area contributed by atoms with Crippen LogP contribution in [0.25, 0.3) is 0 Å². The summed E-state index contributed by atoms with van der Waals surface area (Å²) in [5.41, 5.74) is 5.85. The van der Waals surface area contributed by atoms with Crippen molar-refractivity contribution in [3.8, 4) is 6.07 Å². The van der Waals surface area contributed by atoms with Gasteiger partial charge in [0, 0.05) is 7.05 Å². The molecule has 1 rings (SSSR count). The SMILES string of the molecule is CCOC(=O)CN(C)S(=O)(=O)c1ccc(C#N)cc1N. The summed E-state index contributed by atoms with van der Waals surface area (Å²) in [5.74, 6) is -0.647. The van der Waals surface area contributed by atoms with Gasteiger partial charge in [0.05, 0.1) is 23.9 Å². The van der Waals surface area contributed by atoms with E-state index in [9.17, 15) is 13.2 Å². The quantitative estimate of drug-likeness (QED) is 0.618. The third kappa shape index (κ3) is 3.46. The maximum atomic E-state index is 12.2. The van der Waals surface area contributed by atoms with Gasteiger partial charge in [0.15, 0.2) is 0 Å². The van der Waals surface area contributed by atoms with E-state index in [1.807, 2.05) is 6.07 Å². The number of hydrogen-bond donors (Lipinski definition) is 1. The Bertz CT molecular complexity index is 649. The Kier molecular flexibility index (Phi) is 5.07. The molecule has 0 bridgehead atoms. The number of ether oxygens (including phenoxy) is 1. The van der Waals surface area contributed by atoms with Gasteiger partial charge in [0.1, 0.15) is 11.4 Å². The number of carbonyl (C=O) groups excluding carboxylic acids is 1. The zero-order chi connectivity index (χ0) is 15.3. The van der Waals surface area contributed by atoms with Gasteiger partial charge in [-0.2, -0.15) is 9.57 Å². The average Bonchev–Trinajstić information content (AvgIpc) is 2.38. The van der Waals surface area contributed by atoms with E-state index in [4.69, 9.17) is 15.7 Å². The first-order valence-corrected chi connectivity index (χ1v) is 7.18. The highest BCUT2D eigenvalue weighted by Gasteiger charge is 2.25. The zero-order valence-corrected chi connectivity index (χ0v) is 12.0. The fourth-order valence-corrected chi connectivity index (χ4v) is 2.70. The first-order chi connectivity index (χ1) is 9.32. The van der Waals surface area contributed by atoms with E-state index < -0.39 is 22.5 Å². The highest BCUT2D eigenvalue weighted by molar-refractivity contribution is 7.89. The molecule has 8 heteroatoms. The predicted octanol–water partition coefficient (Wildman–Crippen LogP) is 0.324. The van der Waals surface area contributed by atoms with Crippen molar-refractivity contribution in [1.82, 2.24) is 4.31 Å². The largest absolute Gasteiger partial charge is 0.465 e. The maximum absolute atomic E-state index is 12.2. The van der Waals surface area contributed by atoms with Crippen molar-refractivity contribution in [2.24, 2.45) is 0 Å². The Balaban J connectivity index is 3.05. The molecular formula is C12H15N3O4S. The Morgan fingerprint density at radius 1 is 1.50 bits per heavy atom. The second kappa shape index (κ2) is 6.36. The minimum atomic E-state index is -3.91. The van der Waals surface area contributed by atoms with Crippen LogP contribution in [0.3, 0.4) is 0 Å². The molecule has 1 aromatic rings. The zero-order valence-electron chi connectivity index (χ0n) is 11.2. The van der Waals surface area contributed by atoms with Gasteiger partial charge in [-0.05, 0) is 25.1 Å². The number of sulfonamides is 1. The van der Waals surface area contributed by atoms with Crippen molar-refractivity contribution in [2.75, 3.05) is 25.9 Å². The highest BCUT2D eigenvalue weighted by atomic mass is 32.2. The number of nitriles is 1. The van der Waals surface area contributed by atoms with Gasteiger partial charge in [-0.25, -0.2) is 8.42 Å². The Hall–Kier alpha value is -2.11. The van der Waals surface area contributed by atoms with Gasteiger partial charge >= 0.3 is 5.97 Å². The summed E-state index contributed by atoms with van der Waals surface area (Å²) in [7, 11) is -2.66. The molecular weight excluding hydrogens is 282 g/mol. The van der Waals surface area contributed by atoms with Crippen molar-refractivity contribution in [3.63, 3.8) is 0 Å². The van der Waals surface area contributed by atoms with Crippen LogP contribution in [0.2, 0.25) is 0 Å². The van der Waals surface area contributed by atoms with E-state index in [0.29, 0.717) is 0 Å². The van der Waals surface area contributed by atoms with Crippen LogP contribution in [0.15, 0.2) is 23.1 Å². The highest BCUT2D eigenvalue weighted by Crippen LogP contribution is 2.22. The lowest BCUT2D eigenvalue weighted by Gasteiger charge is -2.17. The van der Waals surface area contributed by atoms with Crippen LogP contribution in [-0.2, 0) is 19.6 Å². The molecule has 0 aliphatic carbocycles. The van der Waals surface area contributed by atoms with Crippen LogP contribution < -0.4 is 5.73 Å². The molecule has 0 aliphatic heterocycles. The number of anilines is 1. The summed E-state index contributed by atoms with van der Waals surface area (Å²) in [6.45, 7) is 1.40. The number of nitrogen functional groups attached to an aromatic ring is 1. The molecule has 0 spiro atoms. The second-order valence-electron chi connectivity index (χ2n) is 3.93. The van der Waals surface area contributed by atoms with E-state index in [1.165, 1.54) is 25.2 Å². The smallest absolute Gasteiger partial charge is 0.321 e. The van der Waals surface area contributed by atoms with E-state index in [2.05, 4.69) is 0 Å². The molecule has 0 saturated heterocycles. The molecule has 0 fully saturated rings. The summed E-state index contributed by atoms with van der Waals surface area (Å²) >= 11 is 0. The monoisotopic (exact) mass is 297 g/mol. The maximum Gasteiger partial charge on any atom is 0.321 e. The van der Waals surface area contributed by atoms with E-state index >= 15 is 0 Å². The third-order valence-corrected chi connectivity index (χ3v) is 4.36. The lowest BCUT2D eigenvalue weighted by molar-refractivity contribution is -0.143. The molecule has 0 unspecified atom stereocenters. The summed E-state index contributed by atoms with van der Waals surface area (Å²) in [6, 6.07) is 5.72. The van der Waals surface area contributed by atoms with Crippen LogP contribution in [-0.4, -0.2) is 38.9 Å². The molecule has 108 valence electrons. The minimum Gasteiger partial charge on any atom is -0.465 e. The Labute approximate surface area is 117 Å². The molecule has 0 aromatic heterocycles. The number of hydrogen-bond acceptors (Lipinski definition) is 6. The van der Waals surface area contributed by atoms with Crippen LogP contribution in [0.5, 0.6) is 0 Å². The van der Waals surface area contributed by atoms with Crippen molar-refractivity contribution < 1.29 is 17.9 Å². The minimum absolute atomic E-state index is 0.0419. The standard InChI is InChI=1S/C12H15N3O4S/c1-3-19-12(16)8-15(2)20(17,18)11-5-4-9(7-13)6-10(11)14/h4-6H,3,8,14H2,1-2H3. The molecule has 0 atom stereocenters. The first kappa shape index (κ1) is 15.9. The van der Waals surface area contributed by atoms with E-state index in [-0.39, 0.29) is 22.8 Å². The lowest BCUT2D eigenvalue weighted by Crippen LogP contribution is -2.33. The molecule has 0 aliphatic rings. The van der Waals surface area contributed by atoms with Gasteiger partial charge in [-0.3, -0.25) is 4.79 Å². The topological polar surface area (TPSA) is 113 Å². The first-order valence-electron chi connectivity index (χ1n) is 5.74. The van der Waals surface area contributed by atoms with Gasteiger partial charge in [0.25, 0.3) is 0 Å². The number of benzene rings is 1. The molecule has 0 amide bonds. The summed E-state index contributed by atoms with van der Waals surface area (Å²) in [6.07, 6.45) is 0. The van der Waals surface area contributed by atoms with Crippen molar-refractivity contribution in [3.05, 3.63) is 23.8 Å². The number of likely N-dealkylation sites (N-methyl/N-ethyl adjacent to an activating group) is 1. The Morgan fingerprint density at radius 2 is 2.15 bits per heavy atom. The van der Waals surface area contributed by atoms with Gasteiger partial charge < -0.3 is 10.5 Å². The number of nitrogens with zero attached hydrogens (tertiary/aromatic N) is 2. The Morgan fingerprint density at radius 3 is 2.65 bits per heavy atom. The molecule has 0 radical (unpaired) electrons. The van der Waals surface area contributed by atoms with E-state index in [0.717, 1.165) is 4.31 Å². The predicted molar refractivity (Wildman–Crippen MR) is 72.0 cm³/mol. The summed E-state index contributed by atoms with van der Waals surface area (Å²) < 4.78 is 30.0. The normalized spacial score (nSPS) is 11.1. The molecule has 7 nitrogen and oxygen atoms in total. The van der Waals surface area contributed by atoms with Crippen LogP contribution in [0.4, 0.5) is 5.69 Å². The van der Waals surface area contributed by atoms with Crippen LogP contribution in [0.1, 0.15) is 12.5 Å².